The zero-order valence-electron chi connectivity index (χ0n) is 15.4. The van der Waals surface area contributed by atoms with Crippen molar-refractivity contribution in [1.82, 2.24) is 9.62 Å². The number of rotatable bonds is 6. The lowest BCUT2D eigenvalue weighted by Crippen LogP contribution is -2.54. The number of amides is 1. The number of hydrogen-bond donors (Lipinski definition) is 2. The Morgan fingerprint density at radius 2 is 2.00 bits per heavy atom. The van der Waals surface area contributed by atoms with Crippen LogP contribution in [0.2, 0.25) is 0 Å². The van der Waals surface area contributed by atoms with E-state index in [1.165, 1.54) is 12.1 Å². The molecule has 8 heteroatoms. The number of benzene rings is 1. The number of fused-ring (bicyclic) bond motifs is 1. The molecule has 2 fully saturated rings. The van der Waals surface area contributed by atoms with Crippen LogP contribution in [0.1, 0.15) is 44.9 Å². The Morgan fingerprint density at radius 3 is 2.74 bits per heavy atom. The number of sulfonamides is 1. The van der Waals surface area contributed by atoms with E-state index in [4.69, 9.17) is 0 Å². The van der Waals surface area contributed by atoms with E-state index in [1.807, 2.05) is 4.90 Å². The van der Waals surface area contributed by atoms with Gasteiger partial charge in [-0.05, 0) is 49.9 Å². The summed E-state index contributed by atoms with van der Waals surface area (Å²) in [5, 5.41) is 10.7. The van der Waals surface area contributed by atoms with Gasteiger partial charge in [-0.25, -0.2) is 13.1 Å². The topological polar surface area (TPSA) is 86.7 Å². The molecule has 1 saturated heterocycles. The third-order valence-electron chi connectivity index (χ3n) is 5.76. The lowest BCUT2D eigenvalue weighted by molar-refractivity contribution is -0.143. The molecule has 1 amide bonds. The molecule has 1 aromatic rings. The summed E-state index contributed by atoms with van der Waals surface area (Å²) in [7, 11) is -3.55. The monoisotopic (exact) mass is 458 g/mol. The molecule has 2 aliphatic rings. The van der Waals surface area contributed by atoms with Gasteiger partial charge >= 0.3 is 0 Å². The molecule has 1 aliphatic heterocycles. The molecule has 27 heavy (non-hydrogen) atoms. The standard InChI is InChI=1S/C19H27BrN2O4S/c20-16-6-8-17(9-7-16)27(25,26)21-12-3-5-18(23)22-13-11-19(24)10-2-1-4-15(19)14-22/h6-9,15,21,24H,1-5,10-14H2/t15-,19-/m0/s1. The number of carbonyl (C=O) groups is 1. The number of aliphatic hydroxyl groups is 1. The predicted molar refractivity (Wildman–Crippen MR) is 107 cm³/mol. The van der Waals surface area contributed by atoms with Crippen LogP contribution in [-0.4, -0.2) is 49.6 Å². The number of nitrogens with zero attached hydrogens (tertiary/aromatic N) is 1. The molecule has 150 valence electrons. The van der Waals surface area contributed by atoms with Gasteiger partial charge in [0.25, 0.3) is 0 Å². The van der Waals surface area contributed by atoms with E-state index in [9.17, 15) is 18.3 Å². The third-order valence-corrected chi connectivity index (χ3v) is 7.77. The average Bonchev–Trinajstić information content (AvgIpc) is 2.64. The second kappa shape index (κ2) is 8.59. The Kier molecular flexibility index (Phi) is 6.61. The molecule has 1 aromatic carbocycles. The summed E-state index contributed by atoms with van der Waals surface area (Å²) < 4.78 is 27.8. The molecule has 0 aromatic heterocycles. The zero-order valence-corrected chi connectivity index (χ0v) is 17.8. The summed E-state index contributed by atoms with van der Waals surface area (Å²) in [5.74, 6) is 0.227. The van der Waals surface area contributed by atoms with Gasteiger partial charge in [0.2, 0.25) is 15.9 Å². The van der Waals surface area contributed by atoms with Crippen LogP contribution in [-0.2, 0) is 14.8 Å². The van der Waals surface area contributed by atoms with Crippen molar-refractivity contribution in [2.75, 3.05) is 19.6 Å². The molecule has 2 atom stereocenters. The lowest BCUT2D eigenvalue weighted by atomic mass is 9.71. The Labute approximate surface area is 169 Å². The van der Waals surface area contributed by atoms with Gasteiger partial charge in [-0.3, -0.25) is 4.79 Å². The maximum absolute atomic E-state index is 12.5. The van der Waals surface area contributed by atoms with Gasteiger partial charge in [-0.15, -0.1) is 0 Å². The fraction of sp³-hybridized carbons (Fsp3) is 0.632. The predicted octanol–water partition coefficient (Wildman–Crippen LogP) is 2.66. The number of hydrogen-bond acceptors (Lipinski definition) is 4. The van der Waals surface area contributed by atoms with Crippen LogP contribution in [0.5, 0.6) is 0 Å². The summed E-state index contributed by atoms with van der Waals surface area (Å²) in [6.45, 7) is 1.45. The summed E-state index contributed by atoms with van der Waals surface area (Å²) in [5.41, 5.74) is -0.588. The van der Waals surface area contributed by atoms with Crippen molar-refractivity contribution in [2.45, 2.75) is 55.4 Å². The van der Waals surface area contributed by atoms with Gasteiger partial charge < -0.3 is 10.0 Å². The van der Waals surface area contributed by atoms with Crippen LogP contribution in [0.15, 0.2) is 33.6 Å². The minimum Gasteiger partial charge on any atom is -0.389 e. The van der Waals surface area contributed by atoms with Crippen molar-refractivity contribution >= 4 is 31.9 Å². The zero-order chi connectivity index (χ0) is 19.5. The highest BCUT2D eigenvalue weighted by atomic mass is 79.9. The summed E-state index contributed by atoms with van der Waals surface area (Å²) >= 11 is 3.28. The quantitative estimate of drug-likeness (QED) is 0.641. The SMILES string of the molecule is O=C(CCCNS(=O)(=O)c1ccc(Br)cc1)N1CC[C@@]2(O)CCCC[C@H]2C1. The average molecular weight is 459 g/mol. The van der Waals surface area contributed by atoms with Gasteiger partial charge in [0.1, 0.15) is 0 Å². The maximum atomic E-state index is 12.5. The van der Waals surface area contributed by atoms with E-state index in [1.54, 1.807) is 12.1 Å². The number of carbonyl (C=O) groups excluding carboxylic acids is 1. The number of halogens is 1. The molecule has 0 bridgehead atoms. The fourth-order valence-corrected chi connectivity index (χ4v) is 5.44. The van der Waals surface area contributed by atoms with Crippen molar-refractivity contribution in [3.05, 3.63) is 28.7 Å². The van der Waals surface area contributed by atoms with E-state index in [-0.39, 0.29) is 23.3 Å². The van der Waals surface area contributed by atoms with Gasteiger partial charge in [-0.2, -0.15) is 0 Å². The van der Waals surface area contributed by atoms with E-state index in [0.717, 1.165) is 30.2 Å². The molecule has 6 nitrogen and oxygen atoms in total. The molecule has 3 rings (SSSR count). The Bertz CT molecular complexity index is 768. The first-order valence-corrected chi connectivity index (χ1v) is 11.8. The number of piperidine rings is 1. The highest BCUT2D eigenvalue weighted by molar-refractivity contribution is 9.10. The number of nitrogens with one attached hydrogen (secondary N) is 1. The molecule has 1 saturated carbocycles. The maximum Gasteiger partial charge on any atom is 0.240 e. The summed E-state index contributed by atoms with van der Waals surface area (Å²) in [4.78, 5) is 14.5. The van der Waals surface area contributed by atoms with Crippen molar-refractivity contribution in [3.63, 3.8) is 0 Å². The molecule has 2 N–H and O–H groups in total. The highest BCUT2D eigenvalue weighted by Crippen LogP contribution is 2.39. The van der Waals surface area contributed by atoms with Crippen LogP contribution in [0.3, 0.4) is 0 Å². The molecule has 1 heterocycles. The lowest BCUT2D eigenvalue weighted by Gasteiger charge is -2.47. The van der Waals surface area contributed by atoms with Crippen LogP contribution < -0.4 is 4.72 Å². The summed E-state index contributed by atoms with van der Waals surface area (Å²) in [6.07, 6.45) is 5.44. The third kappa shape index (κ3) is 5.10. The minimum atomic E-state index is -3.55. The van der Waals surface area contributed by atoms with Crippen LogP contribution >= 0.6 is 15.9 Å². The largest absolute Gasteiger partial charge is 0.389 e. The smallest absolute Gasteiger partial charge is 0.240 e. The van der Waals surface area contributed by atoms with Gasteiger partial charge in [-0.1, -0.05) is 28.8 Å². The second-order valence-corrected chi connectivity index (χ2v) is 10.3. The molecular weight excluding hydrogens is 432 g/mol. The van der Waals surface area contributed by atoms with Crippen molar-refractivity contribution in [3.8, 4) is 0 Å². The van der Waals surface area contributed by atoms with Crippen LogP contribution in [0.25, 0.3) is 0 Å². The van der Waals surface area contributed by atoms with Crippen molar-refractivity contribution < 1.29 is 18.3 Å². The first-order valence-electron chi connectivity index (χ1n) is 9.56. The molecule has 1 aliphatic carbocycles. The van der Waals surface area contributed by atoms with Gasteiger partial charge in [0.05, 0.1) is 10.5 Å². The minimum absolute atomic E-state index is 0.0467. The molecular formula is C19H27BrN2O4S. The number of likely N-dealkylation sites (tertiary alicyclic amines) is 1. The molecule has 0 unspecified atom stereocenters. The molecule has 0 spiro atoms. The highest BCUT2D eigenvalue weighted by Gasteiger charge is 2.43. The first kappa shape index (κ1) is 20.8. The van der Waals surface area contributed by atoms with Crippen molar-refractivity contribution in [1.29, 1.82) is 0 Å². The van der Waals surface area contributed by atoms with Crippen molar-refractivity contribution in [2.24, 2.45) is 5.92 Å². The normalized spacial score (nSPS) is 25.9. The van der Waals surface area contributed by atoms with E-state index >= 15 is 0 Å². The van der Waals surface area contributed by atoms with E-state index < -0.39 is 15.6 Å². The van der Waals surface area contributed by atoms with E-state index in [2.05, 4.69) is 20.7 Å². The van der Waals surface area contributed by atoms with Crippen LogP contribution in [0, 0.1) is 5.92 Å². The Balaban J connectivity index is 1.44. The van der Waals surface area contributed by atoms with Gasteiger partial charge in [0.15, 0.2) is 0 Å². The fourth-order valence-electron chi connectivity index (χ4n) is 4.10. The van der Waals surface area contributed by atoms with E-state index in [0.29, 0.717) is 32.4 Å². The first-order chi connectivity index (χ1) is 12.8. The Hall–Kier alpha value is -0.960. The second-order valence-electron chi connectivity index (χ2n) is 7.59. The van der Waals surface area contributed by atoms with Crippen LogP contribution in [0.4, 0.5) is 0 Å². The van der Waals surface area contributed by atoms with Gasteiger partial charge in [0, 0.05) is 36.4 Å². The molecule has 0 radical (unpaired) electrons. The Morgan fingerprint density at radius 1 is 1.26 bits per heavy atom. The summed E-state index contributed by atoms with van der Waals surface area (Å²) in [6, 6.07) is 6.44.